The first kappa shape index (κ1) is 29.5. The number of benzene rings is 1. The monoisotopic (exact) mass is 523 g/mol. The molecule has 2 aromatic heterocycles. The van der Waals surface area contributed by atoms with Crippen molar-refractivity contribution < 1.29 is 9.90 Å². The fourth-order valence-corrected chi connectivity index (χ4v) is 4.98. The highest BCUT2D eigenvalue weighted by Crippen LogP contribution is 2.22. The molecule has 9 heteroatoms. The minimum atomic E-state index is -0.701. The van der Waals surface area contributed by atoms with Crippen LogP contribution in [0.2, 0.25) is 0 Å². The third kappa shape index (κ3) is 9.08. The van der Waals surface area contributed by atoms with Gasteiger partial charge in [0.05, 0.1) is 12.6 Å². The van der Waals surface area contributed by atoms with Gasteiger partial charge in [-0.25, -0.2) is 9.97 Å². The number of imidazole rings is 2. The van der Waals surface area contributed by atoms with Gasteiger partial charge in [-0.1, -0.05) is 38.1 Å². The van der Waals surface area contributed by atoms with Gasteiger partial charge in [-0.3, -0.25) is 14.6 Å². The second-order valence-corrected chi connectivity index (χ2v) is 10.2. The fraction of sp³-hybridized carbons (Fsp3) is 0.552. The Balaban J connectivity index is 1.53. The number of rotatable bonds is 18. The van der Waals surface area contributed by atoms with Gasteiger partial charge in [0, 0.05) is 37.9 Å². The Morgan fingerprint density at radius 1 is 0.895 bits per heavy atom. The number of aromatic amines is 2. The van der Waals surface area contributed by atoms with Gasteiger partial charge in [-0.15, -0.1) is 0 Å². The number of carboxylic acids is 1. The average molecular weight is 524 g/mol. The van der Waals surface area contributed by atoms with E-state index in [1.165, 1.54) is 11.1 Å². The summed E-state index contributed by atoms with van der Waals surface area (Å²) in [6.45, 7) is 11.2. The van der Waals surface area contributed by atoms with Crippen LogP contribution in [0.4, 0.5) is 0 Å². The molecule has 0 aliphatic rings. The third-order valence-electron chi connectivity index (χ3n) is 7.00. The summed E-state index contributed by atoms with van der Waals surface area (Å²) >= 11 is 0. The van der Waals surface area contributed by atoms with E-state index in [1.807, 2.05) is 12.4 Å². The van der Waals surface area contributed by atoms with Crippen LogP contribution >= 0.6 is 0 Å². The number of H-pyrrole nitrogens is 2. The second kappa shape index (κ2) is 15.4. The zero-order chi connectivity index (χ0) is 27.3. The first-order valence-electron chi connectivity index (χ1n) is 13.9. The zero-order valence-corrected chi connectivity index (χ0v) is 23.4. The molecule has 0 fully saturated rings. The van der Waals surface area contributed by atoms with Crippen molar-refractivity contribution in [2.75, 3.05) is 26.7 Å². The molecule has 3 rings (SSSR count). The molecule has 0 radical (unpaired) electrons. The van der Waals surface area contributed by atoms with Crippen LogP contribution in [0, 0.1) is 0 Å². The number of hydrogen-bond acceptors (Lipinski definition) is 6. The summed E-state index contributed by atoms with van der Waals surface area (Å²) in [5.74, 6) is 1.17. The van der Waals surface area contributed by atoms with E-state index in [2.05, 4.69) is 86.7 Å². The van der Waals surface area contributed by atoms with Gasteiger partial charge in [0.1, 0.15) is 17.7 Å². The van der Waals surface area contributed by atoms with Crippen molar-refractivity contribution in [3.05, 3.63) is 71.8 Å². The minimum Gasteiger partial charge on any atom is -0.480 e. The Kier molecular flexibility index (Phi) is 12.0. The van der Waals surface area contributed by atoms with Crippen molar-refractivity contribution in [1.82, 2.24) is 34.6 Å². The van der Waals surface area contributed by atoms with E-state index < -0.39 is 12.0 Å². The summed E-state index contributed by atoms with van der Waals surface area (Å²) in [4.78, 5) is 34.0. The standard InChI is InChI=1S/C29H45N7O2/c1-5-17-35(18-6-2)26(29(37)38)8-7-19-34(4)20-24-9-11-25(12-10-24)21-36(22-27-30-13-14-31-27)23(3)28-32-15-16-33-28/h9-16,23,26H,5-8,17-22H2,1-4H3,(H,30,31)(H,32,33)(H,37,38)/t23?,26-/m0/s1. The molecular weight excluding hydrogens is 478 g/mol. The zero-order valence-electron chi connectivity index (χ0n) is 23.4. The largest absolute Gasteiger partial charge is 0.480 e. The number of nitrogens with one attached hydrogen (secondary N) is 2. The number of nitrogens with zero attached hydrogens (tertiary/aromatic N) is 5. The molecule has 0 aliphatic heterocycles. The van der Waals surface area contributed by atoms with Gasteiger partial charge in [0.2, 0.25) is 0 Å². The Labute approximate surface area is 227 Å². The lowest BCUT2D eigenvalue weighted by Gasteiger charge is -2.28. The quantitative estimate of drug-likeness (QED) is 0.222. The maximum absolute atomic E-state index is 11.9. The van der Waals surface area contributed by atoms with E-state index in [0.717, 1.165) is 63.6 Å². The van der Waals surface area contributed by atoms with Crippen LogP contribution in [-0.4, -0.2) is 78.4 Å². The molecule has 0 spiro atoms. The van der Waals surface area contributed by atoms with Crippen LogP contribution in [-0.2, 0) is 24.4 Å². The summed E-state index contributed by atoms with van der Waals surface area (Å²) in [6, 6.07) is 8.50. The molecule has 0 bridgehead atoms. The van der Waals surface area contributed by atoms with Gasteiger partial charge >= 0.3 is 5.97 Å². The summed E-state index contributed by atoms with van der Waals surface area (Å²) in [5, 5.41) is 9.78. The second-order valence-electron chi connectivity index (χ2n) is 10.2. The molecule has 208 valence electrons. The topological polar surface area (TPSA) is 104 Å². The van der Waals surface area contributed by atoms with Crippen molar-refractivity contribution in [3.63, 3.8) is 0 Å². The molecule has 0 aliphatic carbocycles. The number of carbonyl (C=O) groups is 1. The Hall–Kier alpha value is -3.01. The molecule has 3 N–H and O–H groups in total. The van der Waals surface area contributed by atoms with Crippen molar-refractivity contribution in [2.24, 2.45) is 0 Å². The van der Waals surface area contributed by atoms with Crippen molar-refractivity contribution in [1.29, 1.82) is 0 Å². The maximum Gasteiger partial charge on any atom is 0.320 e. The van der Waals surface area contributed by atoms with Gasteiger partial charge < -0.3 is 20.0 Å². The normalized spacial score (nSPS) is 13.4. The lowest BCUT2D eigenvalue weighted by Crippen LogP contribution is -2.42. The number of carboxylic acid groups (broad SMARTS) is 1. The highest BCUT2D eigenvalue weighted by Gasteiger charge is 2.24. The summed E-state index contributed by atoms with van der Waals surface area (Å²) in [7, 11) is 2.11. The van der Waals surface area contributed by atoms with Crippen LogP contribution in [0.25, 0.3) is 0 Å². The molecule has 1 aromatic carbocycles. The maximum atomic E-state index is 11.9. The first-order valence-corrected chi connectivity index (χ1v) is 13.9. The lowest BCUT2D eigenvalue weighted by atomic mass is 10.1. The molecule has 2 atom stereocenters. The summed E-state index contributed by atoms with van der Waals surface area (Å²) < 4.78 is 0. The van der Waals surface area contributed by atoms with Crippen molar-refractivity contribution >= 4 is 5.97 Å². The highest BCUT2D eigenvalue weighted by atomic mass is 16.4. The van der Waals surface area contributed by atoms with E-state index >= 15 is 0 Å². The number of aliphatic carboxylic acids is 1. The van der Waals surface area contributed by atoms with E-state index in [-0.39, 0.29) is 6.04 Å². The van der Waals surface area contributed by atoms with Crippen LogP contribution < -0.4 is 0 Å². The summed E-state index contributed by atoms with van der Waals surface area (Å²) in [6.07, 6.45) is 10.8. The molecule has 0 saturated heterocycles. The van der Waals surface area contributed by atoms with Gasteiger partial charge in [-0.2, -0.15) is 0 Å². The predicted molar refractivity (Wildman–Crippen MR) is 150 cm³/mol. The van der Waals surface area contributed by atoms with E-state index in [0.29, 0.717) is 13.0 Å². The van der Waals surface area contributed by atoms with Crippen LogP contribution in [0.3, 0.4) is 0 Å². The number of aromatic nitrogens is 4. The summed E-state index contributed by atoms with van der Waals surface area (Å²) in [5.41, 5.74) is 2.49. The average Bonchev–Trinajstić information content (AvgIpc) is 3.62. The van der Waals surface area contributed by atoms with Crippen LogP contribution in [0.1, 0.15) is 75.3 Å². The highest BCUT2D eigenvalue weighted by molar-refractivity contribution is 5.73. The molecule has 3 aromatic rings. The molecule has 0 saturated carbocycles. The van der Waals surface area contributed by atoms with E-state index in [4.69, 9.17) is 0 Å². The molecule has 38 heavy (non-hydrogen) atoms. The van der Waals surface area contributed by atoms with Gasteiger partial charge in [0.25, 0.3) is 0 Å². The minimum absolute atomic E-state index is 0.112. The molecule has 0 amide bonds. The van der Waals surface area contributed by atoms with Crippen LogP contribution in [0.5, 0.6) is 0 Å². The lowest BCUT2D eigenvalue weighted by molar-refractivity contribution is -0.143. The predicted octanol–water partition coefficient (Wildman–Crippen LogP) is 4.68. The molecule has 9 nitrogen and oxygen atoms in total. The fourth-order valence-electron chi connectivity index (χ4n) is 4.98. The van der Waals surface area contributed by atoms with Crippen molar-refractivity contribution in [2.45, 2.75) is 78.2 Å². The third-order valence-corrected chi connectivity index (χ3v) is 7.00. The molecular formula is C29H45N7O2. The van der Waals surface area contributed by atoms with Gasteiger partial charge in [0.15, 0.2) is 0 Å². The van der Waals surface area contributed by atoms with E-state index in [1.54, 1.807) is 12.4 Å². The molecule has 1 unspecified atom stereocenters. The Morgan fingerprint density at radius 3 is 2.08 bits per heavy atom. The molecule has 2 heterocycles. The van der Waals surface area contributed by atoms with Gasteiger partial charge in [-0.05, 0) is 70.4 Å². The van der Waals surface area contributed by atoms with Crippen molar-refractivity contribution in [3.8, 4) is 0 Å². The van der Waals surface area contributed by atoms with Crippen LogP contribution in [0.15, 0.2) is 49.1 Å². The smallest absolute Gasteiger partial charge is 0.320 e. The first-order chi connectivity index (χ1) is 18.4. The van der Waals surface area contributed by atoms with E-state index in [9.17, 15) is 9.90 Å². The number of hydrogen-bond donors (Lipinski definition) is 3. The SMILES string of the molecule is CCCN(CCC)[C@@H](CCCN(C)Cc1ccc(CN(Cc2ncc[nH]2)C(C)c2ncc[nH]2)cc1)C(=O)O. The Morgan fingerprint density at radius 2 is 1.53 bits per heavy atom. The Bertz CT molecular complexity index is 1030.